The van der Waals surface area contributed by atoms with E-state index in [1.54, 1.807) is 16.4 Å². The molecule has 1 heterocycles. The van der Waals surface area contributed by atoms with Crippen molar-refractivity contribution in [3.05, 3.63) is 29.8 Å². The molecule has 1 saturated carbocycles. The highest BCUT2D eigenvalue weighted by molar-refractivity contribution is 7.89. The van der Waals surface area contributed by atoms with Crippen molar-refractivity contribution in [3.8, 4) is 0 Å². The highest BCUT2D eigenvalue weighted by atomic mass is 35.5. The minimum absolute atomic E-state index is 0. The largest absolute Gasteiger partial charge is 0.327 e. The fourth-order valence-corrected chi connectivity index (χ4v) is 5.42. The van der Waals surface area contributed by atoms with Crippen LogP contribution in [0, 0.1) is 18.8 Å². The molecule has 2 aliphatic rings. The molecule has 2 N–H and O–H groups in total. The molecule has 1 aromatic carbocycles. The van der Waals surface area contributed by atoms with Crippen molar-refractivity contribution in [2.45, 2.75) is 37.1 Å². The van der Waals surface area contributed by atoms with Crippen molar-refractivity contribution in [3.63, 3.8) is 0 Å². The zero-order valence-corrected chi connectivity index (χ0v) is 13.9. The third kappa shape index (κ3) is 2.97. The van der Waals surface area contributed by atoms with Crippen LogP contribution in [0.25, 0.3) is 0 Å². The molecule has 6 heteroatoms. The lowest BCUT2D eigenvalue weighted by Crippen LogP contribution is -2.38. The average molecular weight is 331 g/mol. The van der Waals surface area contributed by atoms with Gasteiger partial charge in [-0.25, -0.2) is 8.42 Å². The van der Waals surface area contributed by atoms with Gasteiger partial charge in [-0.05, 0) is 43.2 Å². The van der Waals surface area contributed by atoms with Crippen molar-refractivity contribution in [1.82, 2.24) is 4.31 Å². The van der Waals surface area contributed by atoms with Crippen LogP contribution < -0.4 is 5.73 Å². The summed E-state index contributed by atoms with van der Waals surface area (Å²) >= 11 is 0. The molecule has 118 valence electrons. The first-order chi connectivity index (χ1) is 9.50. The van der Waals surface area contributed by atoms with Crippen LogP contribution in [-0.4, -0.2) is 31.9 Å². The minimum atomic E-state index is -3.37. The maximum absolute atomic E-state index is 12.8. The fourth-order valence-electron chi connectivity index (χ4n) is 3.66. The second kappa shape index (κ2) is 6.24. The van der Waals surface area contributed by atoms with Crippen LogP contribution in [0.15, 0.2) is 29.2 Å². The number of hydrogen-bond donors (Lipinski definition) is 1. The van der Waals surface area contributed by atoms with Gasteiger partial charge in [0.25, 0.3) is 0 Å². The van der Waals surface area contributed by atoms with Crippen LogP contribution in [0.4, 0.5) is 0 Å². The standard InChI is InChI=1S/C15H22N2O2S.ClH/c1-11-5-2-3-8-15(11)20(18,19)17-9-12-6-4-7-14(16)13(12)10-17;/h2-3,5,8,12-14H,4,6-7,9-10,16H2,1H3;1H. The van der Waals surface area contributed by atoms with E-state index in [-0.39, 0.29) is 18.4 Å². The topological polar surface area (TPSA) is 63.4 Å². The smallest absolute Gasteiger partial charge is 0.243 e. The van der Waals surface area contributed by atoms with Gasteiger partial charge in [-0.1, -0.05) is 24.6 Å². The van der Waals surface area contributed by atoms with Crippen LogP contribution in [0.2, 0.25) is 0 Å². The molecule has 0 aromatic heterocycles. The number of fused-ring (bicyclic) bond motifs is 1. The first-order valence-corrected chi connectivity index (χ1v) is 8.75. The van der Waals surface area contributed by atoms with E-state index in [4.69, 9.17) is 5.73 Å². The number of sulfonamides is 1. The zero-order valence-electron chi connectivity index (χ0n) is 12.2. The molecule has 0 radical (unpaired) electrons. The van der Waals surface area contributed by atoms with Crippen LogP contribution in [0.1, 0.15) is 24.8 Å². The Hall–Kier alpha value is -0.620. The van der Waals surface area contributed by atoms with E-state index >= 15 is 0 Å². The summed E-state index contributed by atoms with van der Waals surface area (Å²) in [6.07, 6.45) is 3.26. The van der Waals surface area contributed by atoms with E-state index in [0.717, 1.165) is 24.8 Å². The van der Waals surface area contributed by atoms with Crippen molar-refractivity contribution >= 4 is 22.4 Å². The summed E-state index contributed by atoms with van der Waals surface area (Å²) in [5, 5.41) is 0. The van der Waals surface area contributed by atoms with E-state index in [0.29, 0.717) is 29.8 Å². The summed E-state index contributed by atoms with van der Waals surface area (Å²) in [6.45, 7) is 3.07. The predicted octanol–water partition coefficient (Wildman–Crippen LogP) is 2.16. The lowest BCUT2D eigenvalue weighted by molar-refractivity contribution is 0.260. The average Bonchev–Trinajstić information content (AvgIpc) is 2.85. The second-order valence-electron chi connectivity index (χ2n) is 6.11. The van der Waals surface area contributed by atoms with Gasteiger partial charge in [0, 0.05) is 19.1 Å². The monoisotopic (exact) mass is 330 g/mol. The number of halogens is 1. The van der Waals surface area contributed by atoms with Gasteiger partial charge in [0.05, 0.1) is 4.90 Å². The number of hydrogen-bond acceptors (Lipinski definition) is 3. The first-order valence-electron chi connectivity index (χ1n) is 7.31. The minimum Gasteiger partial charge on any atom is -0.327 e. The fraction of sp³-hybridized carbons (Fsp3) is 0.600. The Labute approximate surface area is 133 Å². The Morgan fingerprint density at radius 2 is 1.90 bits per heavy atom. The summed E-state index contributed by atoms with van der Waals surface area (Å²) in [4.78, 5) is 0.437. The summed E-state index contributed by atoms with van der Waals surface area (Å²) < 4.78 is 27.2. The number of aryl methyl sites for hydroxylation is 1. The molecule has 0 spiro atoms. The van der Waals surface area contributed by atoms with Crippen LogP contribution >= 0.6 is 12.4 Å². The molecule has 1 aromatic rings. The lowest BCUT2D eigenvalue weighted by Gasteiger charge is -2.29. The number of rotatable bonds is 2. The Kier molecular flexibility index (Phi) is 4.98. The molecule has 1 aliphatic carbocycles. The Morgan fingerprint density at radius 3 is 2.57 bits per heavy atom. The molecule has 1 aliphatic heterocycles. The highest BCUT2D eigenvalue weighted by Crippen LogP contribution is 2.38. The quantitative estimate of drug-likeness (QED) is 0.903. The summed E-state index contributed by atoms with van der Waals surface area (Å²) in [5.41, 5.74) is 6.98. The Bertz CT molecular complexity index is 605. The molecule has 2 fully saturated rings. The lowest BCUT2D eigenvalue weighted by atomic mass is 9.78. The molecule has 0 bridgehead atoms. The van der Waals surface area contributed by atoms with Gasteiger partial charge in [0.15, 0.2) is 0 Å². The Balaban J connectivity index is 0.00000161. The van der Waals surface area contributed by atoms with Gasteiger partial charge >= 0.3 is 0 Å². The van der Waals surface area contributed by atoms with E-state index < -0.39 is 10.0 Å². The molecular formula is C15H23ClN2O2S. The maximum Gasteiger partial charge on any atom is 0.243 e. The van der Waals surface area contributed by atoms with Gasteiger partial charge in [-0.15, -0.1) is 12.4 Å². The molecule has 1 saturated heterocycles. The summed E-state index contributed by atoms with van der Waals surface area (Å²) in [6, 6.07) is 7.36. The van der Waals surface area contributed by atoms with Crippen molar-refractivity contribution in [2.75, 3.05) is 13.1 Å². The first kappa shape index (κ1) is 16.7. The highest BCUT2D eigenvalue weighted by Gasteiger charge is 2.43. The van der Waals surface area contributed by atoms with E-state index in [1.807, 2.05) is 19.1 Å². The number of nitrogens with zero attached hydrogens (tertiary/aromatic N) is 1. The molecule has 3 atom stereocenters. The second-order valence-corrected chi connectivity index (χ2v) is 8.01. The molecular weight excluding hydrogens is 308 g/mol. The van der Waals surface area contributed by atoms with Gasteiger partial charge in [0.2, 0.25) is 10.0 Å². The Morgan fingerprint density at radius 1 is 1.19 bits per heavy atom. The SMILES string of the molecule is Cc1ccccc1S(=O)(=O)N1CC2CCCC(N)C2C1.Cl. The van der Waals surface area contributed by atoms with Crippen molar-refractivity contribution < 1.29 is 8.42 Å². The van der Waals surface area contributed by atoms with Gasteiger partial charge in [0.1, 0.15) is 0 Å². The van der Waals surface area contributed by atoms with Crippen LogP contribution in [-0.2, 0) is 10.0 Å². The van der Waals surface area contributed by atoms with Crippen molar-refractivity contribution in [1.29, 1.82) is 0 Å². The molecule has 0 amide bonds. The zero-order chi connectivity index (χ0) is 14.3. The third-order valence-electron chi connectivity index (χ3n) is 4.83. The summed E-state index contributed by atoms with van der Waals surface area (Å²) in [7, 11) is -3.37. The normalized spacial score (nSPS) is 29.7. The van der Waals surface area contributed by atoms with Gasteiger partial charge in [-0.3, -0.25) is 0 Å². The number of nitrogens with two attached hydrogens (primary N) is 1. The van der Waals surface area contributed by atoms with Gasteiger partial charge < -0.3 is 5.73 Å². The molecule has 3 rings (SSSR count). The van der Waals surface area contributed by atoms with Crippen LogP contribution in [0.3, 0.4) is 0 Å². The van der Waals surface area contributed by atoms with E-state index in [2.05, 4.69) is 0 Å². The molecule has 3 unspecified atom stereocenters. The van der Waals surface area contributed by atoms with Crippen LogP contribution in [0.5, 0.6) is 0 Å². The third-order valence-corrected chi connectivity index (χ3v) is 6.82. The van der Waals surface area contributed by atoms with Gasteiger partial charge in [-0.2, -0.15) is 4.31 Å². The van der Waals surface area contributed by atoms with Crippen molar-refractivity contribution in [2.24, 2.45) is 17.6 Å². The maximum atomic E-state index is 12.8. The van der Waals surface area contributed by atoms with E-state index in [1.165, 1.54) is 0 Å². The molecule has 21 heavy (non-hydrogen) atoms. The van der Waals surface area contributed by atoms with E-state index in [9.17, 15) is 8.42 Å². The predicted molar refractivity (Wildman–Crippen MR) is 86.0 cm³/mol. The molecule has 4 nitrogen and oxygen atoms in total. The number of benzene rings is 1. The summed E-state index contributed by atoms with van der Waals surface area (Å²) in [5.74, 6) is 0.778.